The van der Waals surface area contributed by atoms with E-state index in [4.69, 9.17) is 20.0 Å². The zero-order valence-electron chi connectivity index (χ0n) is 13.6. The molecule has 0 spiro atoms. The third kappa shape index (κ3) is 4.25. The Bertz CT molecular complexity index is 761. The van der Waals surface area contributed by atoms with Crippen LogP contribution in [0.1, 0.15) is 36.9 Å². The third-order valence-electron chi connectivity index (χ3n) is 2.95. The minimum absolute atomic E-state index is 0.0681. The van der Waals surface area contributed by atoms with Crippen LogP contribution in [0.5, 0.6) is 0 Å². The molecule has 0 saturated carbocycles. The van der Waals surface area contributed by atoms with Crippen molar-refractivity contribution < 1.29 is 23.8 Å². The number of pyridine rings is 1. The van der Waals surface area contributed by atoms with E-state index in [0.29, 0.717) is 17.1 Å². The average Bonchev–Trinajstić information content (AvgIpc) is 2.92. The maximum atomic E-state index is 11.6. The van der Waals surface area contributed by atoms with Crippen LogP contribution in [0.4, 0.5) is 10.5 Å². The lowest BCUT2D eigenvalue weighted by Crippen LogP contribution is -2.32. The van der Waals surface area contributed by atoms with E-state index in [2.05, 4.69) is 10.3 Å². The van der Waals surface area contributed by atoms with E-state index in [1.807, 2.05) is 0 Å². The molecule has 8 nitrogen and oxygen atoms in total. The zero-order valence-corrected chi connectivity index (χ0v) is 13.6. The molecule has 0 aromatic carbocycles. The van der Waals surface area contributed by atoms with E-state index < -0.39 is 17.7 Å². The quantitative estimate of drug-likeness (QED) is 0.784. The Morgan fingerprint density at radius 1 is 1.33 bits per heavy atom. The first-order chi connectivity index (χ1) is 11.2. The molecule has 2 aromatic heterocycles. The molecular weight excluding hydrogens is 314 g/mol. The Labute approximate surface area is 138 Å². The largest absolute Gasteiger partial charge is 0.478 e. The first-order valence-electron chi connectivity index (χ1n) is 7.20. The molecule has 0 aliphatic heterocycles. The van der Waals surface area contributed by atoms with Crippen molar-refractivity contribution in [2.45, 2.75) is 32.9 Å². The summed E-state index contributed by atoms with van der Waals surface area (Å²) in [4.78, 5) is 26.6. The fraction of sp³-hybridized carbons (Fsp3) is 0.312. The highest BCUT2D eigenvalue weighted by Gasteiger charge is 2.18. The molecule has 0 saturated heterocycles. The van der Waals surface area contributed by atoms with Crippen molar-refractivity contribution >= 4 is 17.7 Å². The molecule has 0 fully saturated rings. The van der Waals surface area contributed by atoms with Crippen molar-refractivity contribution in [3.63, 3.8) is 0 Å². The van der Waals surface area contributed by atoms with E-state index in [-0.39, 0.29) is 17.8 Å². The van der Waals surface area contributed by atoms with Gasteiger partial charge in [-0.3, -0.25) is 4.98 Å². The smallest absolute Gasteiger partial charge is 0.408 e. The SMILES string of the molecule is CC(C)(C)OC(=O)NCc1ccc(-c2cncc(C(=O)O)c2N)o1. The standard InChI is InChI=1S/C16H19N3O5/c1-16(2,3)24-15(22)19-6-9-4-5-12(23-9)10-7-18-8-11(13(10)17)14(20)21/h4-5,7-8H,6H2,1-3H3,(H2,17,18)(H,19,22)(H,20,21). The number of nitrogen functional groups attached to an aromatic ring is 1. The van der Waals surface area contributed by atoms with Crippen LogP contribution in [0.25, 0.3) is 11.3 Å². The highest BCUT2D eigenvalue weighted by molar-refractivity contribution is 5.97. The van der Waals surface area contributed by atoms with Crippen molar-refractivity contribution in [1.82, 2.24) is 10.3 Å². The maximum absolute atomic E-state index is 11.6. The number of carbonyl (C=O) groups excluding carboxylic acids is 1. The molecule has 0 unspecified atom stereocenters. The molecule has 0 atom stereocenters. The van der Waals surface area contributed by atoms with Gasteiger partial charge >= 0.3 is 12.1 Å². The molecule has 24 heavy (non-hydrogen) atoms. The van der Waals surface area contributed by atoms with Crippen LogP contribution in [0, 0.1) is 0 Å². The van der Waals surface area contributed by atoms with Crippen molar-refractivity contribution in [3.05, 3.63) is 35.9 Å². The lowest BCUT2D eigenvalue weighted by molar-refractivity contribution is 0.0519. The van der Waals surface area contributed by atoms with Gasteiger partial charge in [0.1, 0.15) is 22.7 Å². The van der Waals surface area contributed by atoms with Gasteiger partial charge < -0.3 is 25.3 Å². The van der Waals surface area contributed by atoms with E-state index in [1.165, 1.54) is 12.4 Å². The number of hydrogen-bond acceptors (Lipinski definition) is 6. The Morgan fingerprint density at radius 3 is 2.67 bits per heavy atom. The van der Waals surface area contributed by atoms with Gasteiger partial charge in [0.05, 0.1) is 17.8 Å². The van der Waals surface area contributed by atoms with Crippen molar-refractivity contribution in [2.24, 2.45) is 0 Å². The van der Waals surface area contributed by atoms with Crippen molar-refractivity contribution in [2.75, 3.05) is 5.73 Å². The molecule has 0 bridgehead atoms. The molecule has 2 aromatic rings. The Hall–Kier alpha value is -3.03. The number of amides is 1. The number of ether oxygens (including phenoxy) is 1. The minimum Gasteiger partial charge on any atom is -0.478 e. The summed E-state index contributed by atoms with van der Waals surface area (Å²) in [5, 5.41) is 11.6. The van der Waals surface area contributed by atoms with Gasteiger partial charge in [0.2, 0.25) is 0 Å². The van der Waals surface area contributed by atoms with Crippen LogP contribution < -0.4 is 11.1 Å². The van der Waals surface area contributed by atoms with E-state index in [0.717, 1.165) is 0 Å². The predicted molar refractivity (Wildman–Crippen MR) is 86.4 cm³/mol. The number of nitrogens with two attached hydrogens (primary N) is 1. The van der Waals surface area contributed by atoms with E-state index >= 15 is 0 Å². The first-order valence-corrected chi connectivity index (χ1v) is 7.20. The molecule has 2 heterocycles. The summed E-state index contributed by atoms with van der Waals surface area (Å²) >= 11 is 0. The number of anilines is 1. The number of aromatic nitrogens is 1. The summed E-state index contributed by atoms with van der Waals surface area (Å²) in [6.45, 7) is 5.43. The normalized spacial score (nSPS) is 11.1. The summed E-state index contributed by atoms with van der Waals surface area (Å²) in [7, 11) is 0. The third-order valence-corrected chi connectivity index (χ3v) is 2.95. The van der Waals surface area contributed by atoms with Gasteiger partial charge in [0.25, 0.3) is 0 Å². The number of carboxylic acids is 1. The molecule has 0 aliphatic carbocycles. The molecule has 1 amide bonds. The van der Waals surface area contributed by atoms with Crippen LogP contribution in [0.3, 0.4) is 0 Å². The second-order valence-corrected chi connectivity index (χ2v) is 6.07. The number of carbonyl (C=O) groups is 2. The number of furan rings is 1. The van der Waals surface area contributed by atoms with Gasteiger partial charge in [-0.15, -0.1) is 0 Å². The number of carboxylic acid groups (broad SMARTS) is 1. The van der Waals surface area contributed by atoms with Gasteiger partial charge in [-0.05, 0) is 32.9 Å². The first kappa shape index (κ1) is 17.3. The van der Waals surface area contributed by atoms with E-state index in [9.17, 15) is 9.59 Å². The molecular formula is C16H19N3O5. The molecule has 8 heteroatoms. The molecule has 4 N–H and O–H groups in total. The van der Waals surface area contributed by atoms with Crippen LogP contribution in [-0.4, -0.2) is 27.8 Å². The van der Waals surface area contributed by atoms with Gasteiger partial charge in [-0.2, -0.15) is 0 Å². The number of aromatic carboxylic acids is 1. The number of nitrogens with zero attached hydrogens (tertiary/aromatic N) is 1. The Kier molecular flexibility index (Phi) is 4.77. The number of nitrogens with one attached hydrogen (secondary N) is 1. The topological polar surface area (TPSA) is 128 Å². The van der Waals surface area contributed by atoms with E-state index in [1.54, 1.807) is 32.9 Å². The van der Waals surface area contributed by atoms with Gasteiger partial charge in [0.15, 0.2) is 0 Å². The summed E-state index contributed by atoms with van der Waals surface area (Å²) < 4.78 is 10.7. The second-order valence-electron chi connectivity index (χ2n) is 6.07. The summed E-state index contributed by atoms with van der Waals surface area (Å²) in [5.74, 6) is -0.333. The Morgan fingerprint density at radius 2 is 2.04 bits per heavy atom. The second kappa shape index (κ2) is 6.61. The van der Waals surface area contributed by atoms with Gasteiger partial charge in [-0.1, -0.05) is 0 Å². The number of rotatable bonds is 4. The maximum Gasteiger partial charge on any atom is 0.408 e. The lowest BCUT2D eigenvalue weighted by atomic mass is 10.1. The lowest BCUT2D eigenvalue weighted by Gasteiger charge is -2.19. The number of hydrogen-bond donors (Lipinski definition) is 3. The summed E-state index contributed by atoms with van der Waals surface area (Å²) in [5.41, 5.74) is 5.60. The average molecular weight is 333 g/mol. The highest BCUT2D eigenvalue weighted by Crippen LogP contribution is 2.29. The zero-order chi connectivity index (χ0) is 17.9. The van der Waals surface area contributed by atoms with Gasteiger partial charge in [-0.25, -0.2) is 9.59 Å². The molecule has 0 radical (unpaired) electrons. The minimum atomic E-state index is -1.17. The van der Waals surface area contributed by atoms with Crippen molar-refractivity contribution in [1.29, 1.82) is 0 Å². The highest BCUT2D eigenvalue weighted by atomic mass is 16.6. The van der Waals surface area contributed by atoms with Crippen LogP contribution >= 0.6 is 0 Å². The fourth-order valence-electron chi connectivity index (χ4n) is 1.93. The Balaban J connectivity index is 2.10. The molecule has 128 valence electrons. The molecule has 0 aliphatic rings. The van der Waals surface area contributed by atoms with Crippen LogP contribution in [0.2, 0.25) is 0 Å². The monoisotopic (exact) mass is 333 g/mol. The summed E-state index contributed by atoms with van der Waals surface area (Å²) in [6.07, 6.45) is 2.04. The van der Waals surface area contributed by atoms with Crippen molar-refractivity contribution in [3.8, 4) is 11.3 Å². The number of alkyl carbamates (subject to hydrolysis) is 1. The fourth-order valence-corrected chi connectivity index (χ4v) is 1.93. The molecule has 2 rings (SSSR count). The van der Waals surface area contributed by atoms with Crippen LogP contribution in [-0.2, 0) is 11.3 Å². The summed E-state index contributed by atoms with van der Waals surface area (Å²) in [6, 6.07) is 3.28. The van der Waals surface area contributed by atoms with Gasteiger partial charge in [0, 0.05) is 12.4 Å². The van der Waals surface area contributed by atoms with Crippen LogP contribution in [0.15, 0.2) is 28.9 Å². The predicted octanol–water partition coefficient (Wildman–Crippen LogP) is 2.65.